The van der Waals surface area contributed by atoms with E-state index in [1.165, 1.54) is 6.42 Å². The molecule has 0 aromatic rings. The molecule has 2 aliphatic heterocycles. The molecule has 4 nitrogen and oxygen atoms in total. The fourth-order valence-corrected chi connectivity index (χ4v) is 2.62. The summed E-state index contributed by atoms with van der Waals surface area (Å²) < 4.78 is 5.59. The zero-order valence-electron chi connectivity index (χ0n) is 10.7. The molecule has 0 saturated carbocycles. The normalized spacial score (nSPS) is 34.3. The Hall–Kier alpha value is -0.610. The molecule has 0 bridgehead atoms. The monoisotopic (exact) mass is 240 g/mol. The average Bonchev–Trinajstić information content (AvgIpc) is 2.33. The van der Waals surface area contributed by atoms with Crippen LogP contribution in [0, 0.1) is 5.92 Å². The number of amides is 1. The first-order valence-electron chi connectivity index (χ1n) is 6.87. The van der Waals surface area contributed by atoms with E-state index in [4.69, 9.17) is 4.74 Å². The van der Waals surface area contributed by atoms with Gasteiger partial charge in [-0.1, -0.05) is 6.92 Å². The molecule has 2 saturated heterocycles. The van der Waals surface area contributed by atoms with Crippen LogP contribution in [-0.4, -0.2) is 37.7 Å². The lowest BCUT2D eigenvalue weighted by molar-refractivity contribution is -0.126. The largest absolute Gasteiger partial charge is 0.378 e. The number of piperidine rings is 1. The number of hydrogen-bond acceptors (Lipinski definition) is 3. The second-order valence-electron chi connectivity index (χ2n) is 5.34. The molecule has 98 valence electrons. The minimum absolute atomic E-state index is 0.149. The first-order valence-corrected chi connectivity index (χ1v) is 6.87. The standard InChI is InChI=1S/C13H24N2O2/c1-10-5-6-14-9-12(10)15-13(16)8-11-4-2-3-7-17-11/h10-12,14H,2-9H2,1H3,(H,15,16). The number of rotatable bonds is 3. The zero-order chi connectivity index (χ0) is 12.1. The highest BCUT2D eigenvalue weighted by Crippen LogP contribution is 2.16. The van der Waals surface area contributed by atoms with Crippen LogP contribution in [0.3, 0.4) is 0 Å². The molecule has 2 aliphatic rings. The average molecular weight is 240 g/mol. The Morgan fingerprint density at radius 3 is 3.00 bits per heavy atom. The molecule has 2 fully saturated rings. The summed E-state index contributed by atoms with van der Waals surface area (Å²) in [6, 6.07) is 0.292. The summed E-state index contributed by atoms with van der Waals surface area (Å²) in [5.41, 5.74) is 0. The van der Waals surface area contributed by atoms with Gasteiger partial charge in [-0.05, 0) is 38.1 Å². The summed E-state index contributed by atoms with van der Waals surface area (Å²) in [4.78, 5) is 11.9. The highest BCUT2D eigenvalue weighted by molar-refractivity contribution is 5.76. The van der Waals surface area contributed by atoms with Crippen molar-refractivity contribution in [2.24, 2.45) is 5.92 Å². The first-order chi connectivity index (χ1) is 8.25. The van der Waals surface area contributed by atoms with E-state index in [1.54, 1.807) is 0 Å². The first kappa shape index (κ1) is 12.8. The molecule has 2 N–H and O–H groups in total. The third-order valence-corrected chi connectivity index (χ3v) is 3.86. The van der Waals surface area contributed by atoms with Gasteiger partial charge in [0.1, 0.15) is 0 Å². The highest BCUT2D eigenvalue weighted by Gasteiger charge is 2.24. The highest BCUT2D eigenvalue weighted by atomic mass is 16.5. The predicted molar refractivity (Wildman–Crippen MR) is 66.8 cm³/mol. The quantitative estimate of drug-likeness (QED) is 0.775. The molecule has 2 heterocycles. The molecular formula is C13H24N2O2. The Morgan fingerprint density at radius 1 is 1.41 bits per heavy atom. The van der Waals surface area contributed by atoms with Crippen LogP contribution in [0.5, 0.6) is 0 Å². The van der Waals surface area contributed by atoms with Gasteiger partial charge >= 0.3 is 0 Å². The van der Waals surface area contributed by atoms with Gasteiger partial charge in [-0.3, -0.25) is 4.79 Å². The van der Waals surface area contributed by atoms with Gasteiger partial charge in [0, 0.05) is 19.2 Å². The number of hydrogen-bond donors (Lipinski definition) is 2. The van der Waals surface area contributed by atoms with E-state index in [-0.39, 0.29) is 12.0 Å². The minimum atomic E-state index is 0.149. The minimum Gasteiger partial charge on any atom is -0.378 e. The van der Waals surface area contributed by atoms with E-state index in [1.807, 2.05) is 0 Å². The van der Waals surface area contributed by atoms with Crippen molar-refractivity contribution in [2.75, 3.05) is 19.7 Å². The predicted octanol–water partition coefficient (Wildman–Crippen LogP) is 1.06. The maximum atomic E-state index is 11.9. The molecule has 0 aliphatic carbocycles. The van der Waals surface area contributed by atoms with Crippen LogP contribution in [0.4, 0.5) is 0 Å². The third-order valence-electron chi connectivity index (χ3n) is 3.86. The van der Waals surface area contributed by atoms with Gasteiger partial charge in [0.15, 0.2) is 0 Å². The van der Waals surface area contributed by atoms with Crippen molar-refractivity contribution in [3.63, 3.8) is 0 Å². The van der Waals surface area contributed by atoms with Gasteiger partial charge in [-0.25, -0.2) is 0 Å². The maximum absolute atomic E-state index is 11.9. The molecule has 17 heavy (non-hydrogen) atoms. The van der Waals surface area contributed by atoms with E-state index < -0.39 is 0 Å². The van der Waals surface area contributed by atoms with Gasteiger partial charge < -0.3 is 15.4 Å². The summed E-state index contributed by atoms with van der Waals surface area (Å²) in [5.74, 6) is 0.727. The summed E-state index contributed by atoms with van der Waals surface area (Å²) in [6.07, 6.45) is 5.19. The SMILES string of the molecule is CC1CCNCC1NC(=O)CC1CCCCO1. The van der Waals surface area contributed by atoms with Crippen LogP contribution < -0.4 is 10.6 Å². The van der Waals surface area contributed by atoms with E-state index in [0.29, 0.717) is 18.4 Å². The Bertz CT molecular complexity index is 252. The number of carbonyl (C=O) groups excluding carboxylic acids is 1. The van der Waals surface area contributed by atoms with Crippen LogP contribution in [0.1, 0.15) is 39.0 Å². The summed E-state index contributed by atoms with van der Waals surface area (Å²) >= 11 is 0. The molecule has 1 amide bonds. The number of carbonyl (C=O) groups is 1. The summed E-state index contributed by atoms with van der Waals surface area (Å²) in [6.45, 7) is 5.00. The second-order valence-corrected chi connectivity index (χ2v) is 5.34. The lowest BCUT2D eigenvalue weighted by Crippen LogP contribution is -2.50. The molecule has 3 atom stereocenters. The van der Waals surface area contributed by atoms with Crippen LogP contribution >= 0.6 is 0 Å². The molecule has 0 radical (unpaired) electrons. The van der Waals surface area contributed by atoms with Crippen molar-refractivity contribution in [1.29, 1.82) is 0 Å². The Morgan fingerprint density at radius 2 is 2.29 bits per heavy atom. The van der Waals surface area contributed by atoms with Crippen molar-refractivity contribution in [1.82, 2.24) is 10.6 Å². The fourth-order valence-electron chi connectivity index (χ4n) is 2.62. The van der Waals surface area contributed by atoms with Gasteiger partial charge in [-0.2, -0.15) is 0 Å². The fraction of sp³-hybridized carbons (Fsp3) is 0.923. The second kappa shape index (κ2) is 6.36. The lowest BCUT2D eigenvalue weighted by atomic mass is 9.94. The van der Waals surface area contributed by atoms with Crippen molar-refractivity contribution < 1.29 is 9.53 Å². The Balaban J connectivity index is 1.72. The maximum Gasteiger partial charge on any atom is 0.222 e. The van der Waals surface area contributed by atoms with Crippen molar-refractivity contribution in [3.8, 4) is 0 Å². The Labute approximate surface area is 103 Å². The van der Waals surface area contributed by atoms with Crippen LogP contribution in [0.25, 0.3) is 0 Å². The number of ether oxygens (including phenoxy) is 1. The van der Waals surface area contributed by atoms with Gasteiger partial charge in [0.25, 0.3) is 0 Å². The van der Waals surface area contributed by atoms with Crippen molar-refractivity contribution in [2.45, 2.75) is 51.2 Å². The zero-order valence-corrected chi connectivity index (χ0v) is 10.7. The van der Waals surface area contributed by atoms with Crippen LogP contribution in [-0.2, 0) is 9.53 Å². The lowest BCUT2D eigenvalue weighted by Gasteiger charge is -2.31. The molecule has 3 unspecified atom stereocenters. The van der Waals surface area contributed by atoms with E-state index in [9.17, 15) is 4.79 Å². The smallest absolute Gasteiger partial charge is 0.222 e. The topological polar surface area (TPSA) is 50.4 Å². The van der Waals surface area contributed by atoms with Crippen LogP contribution in [0.15, 0.2) is 0 Å². The van der Waals surface area contributed by atoms with Crippen molar-refractivity contribution >= 4 is 5.91 Å². The third kappa shape index (κ3) is 3.96. The molecule has 4 heteroatoms. The van der Waals surface area contributed by atoms with Gasteiger partial charge in [0.2, 0.25) is 5.91 Å². The number of nitrogens with one attached hydrogen (secondary N) is 2. The van der Waals surface area contributed by atoms with Gasteiger partial charge in [-0.15, -0.1) is 0 Å². The van der Waals surface area contributed by atoms with Crippen molar-refractivity contribution in [3.05, 3.63) is 0 Å². The van der Waals surface area contributed by atoms with Gasteiger partial charge in [0.05, 0.1) is 12.5 Å². The van der Waals surface area contributed by atoms with E-state index in [0.717, 1.165) is 39.0 Å². The molecular weight excluding hydrogens is 216 g/mol. The van der Waals surface area contributed by atoms with E-state index in [2.05, 4.69) is 17.6 Å². The molecule has 0 aromatic heterocycles. The summed E-state index contributed by atoms with van der Waals surface area (Å²) in [5, 5.41) is 6.46. The molecule has 2 rings (SSSR count). The Kier molecular flexibility index (Phi) is 4.80. The van der Waals surface area contributed by atoms with Crippen LogP contribution in [0.2, 0.25) is 0 Å². The molecule has 0 aromatic carbocycles. The molecule has 0 spiro atoms. The van der Waals surface area contributed by atoms with E-state index >= 15 is 0 Å². The summed E-state index contributed by atoms with van der Waals surface area (Å²) in [7, 11) is 0.